The molecule has 0 atom stereocenters. The second-order valence-corrected chi connectivity index (χ2v) is 8.93. The summed E-state index contributed by atoms with van der Waals surface area (Å²) in [4.78, 5) is 30.6. The minimum atomic E-state index is -0.287. The number of amides is 1. The minimum absolute atomic E-state index is 0.0591. The highest BCUT2D eigenvalue weighted by Gasteiger charge is 2.15. The van der Waals surface area contributed by atoms with E-state index in [1.165, 1.54) is 11.8 Å². The van der Waals surface area contributed by atoms with Crippen LogP contribution in [0.3, 0.4) is 0 Å². The average molecular weight is 479 g/mol. The van der Waals surface area contributed by atoms with Crippen LogP contribution >= 0.6 is 11.8 Å². The molecule has 0 radical (unpaired) electrons. The summed E-state index contributed by atoms with van der Waals surface area (Å²) in [5.74, 6) is -0.228. The molecule has 0 aliphatic heterocycles. The van der Waals surface area contributed by atoms with Crippen LogP contribution in [0.4, 0.5) is 0 Å². The average Bonchev–Trinajstić information content (AvgIpc) is 2.88. The first kappa shape index (κ1) is 22.6. The minimum Gasteiger partial charge on any atom is -0.272 e. The summed E-state index contributed by atoms with van der Waals surface area (Å²) in [6.07, 6.45) is 1.64. The molecule has 0 aliphatic rings. The van der Waals surface area contributed by atoms with E-state index in [4.69, 9.17) is 4.98 Å². The Labute approximate surface area is 206 Å². The summed E-state index contributed by atoms with van der Waals surface area (Å²) in [5.41, 5.74) is 5.62. The van der Waals surface area contributed by atoms with Crippen LogP contribution in [0.25, 0.3) is 27.4 Å². The first-order valence-corrected chi connectivity index (χ1v) is 12.1. The van der Waals surface area contributed by atoms with Crippen molar-refractivity contribution in [3.63, 3.8) is 0 Å². The standard InChI is InChI=1S/C28H22N4O2S/c1-19-9-2-7-16-25(19)32-27(34)23-14-5-6-15-24(23)30-28(32)35-18-26(33)31-29-17-21-12-8-11-20-10-3-4-13-22(20)21/h2-17H,18H2,1H3,(H,31,33)/b29-17-. The van der Waals surface area contributed by atoms with E-state index < -0.39 is 0 Å². The lowest BCUT2D eigenvalue weighted by Gasteiger charge is -2.14. The summed E-state index contributed by atoms with van der Waals surface area (Å²) in [6, 6.07) is 28.8. The number of nitrogens with zero attached hydrogens (tertiary/aromatic N) is 3. The zero-order valence-electron chi connectivity index (χ0n) is 19.0. The lowest BCUT2D eigenvalue weighted by Crippen LogP contribution is -2.24. The maximum Gasteiger partial charge on any atom is 0.266 e. The van der Waals surface area contributed by atoms with Crippen molar-refractivity contribution in [2.24, 2.45) is 5.10 Å². The smallest absolute Gasteiger partial charge is 0.266 e. The van der Waals surface area contributed by atoms with Crippen molar-refractivity contribution in [1.82, 2.24) is 15.0 Å². The number of nitrogens with one attached hydrogen (secondary N) is 1. The molecule has 1 amide bonds. The van der Waals surface area contributed by atoms with Gasteiger partial charge in [-0.3, -0.25) is 14.2 Å². The van der Waals surface area contributed by atoms with Gasteiger partial charge in [0.25, 0.3) is 11.5 Å². The van der Waals surface area contributed by atoms with Gasteiger partial charge < -0.3 is 0 Å². The fraction of sp³-hybridized carbons (Fsp3) is 0.0714. The van der Waals surface area contributed by atoms with Gasteiger partial charge in [-0.2, -0.15) is 5.10 Å². The van der Waals surface area contributed by atoms with E-state index in [9.17, 15) is 9.59 Å². The molecule has 4 aromatic carbocycles. The maximum absolute atomic E-state index is 13.4. The van der Waals surface area contributed by atoms with E-state index in [1.807, 2.05) is 85.8 Å². The molecule has 0 saturated carbocycles. The van der Waals surface area contributed by atoms with Gasteiger partial charge in [-0.05, 0) is 41.5 Å². The van der Waals surface area contributed by atoms with Crippen LogP contribution < -0.4 is 11.0 Å². The van der Waals surface area contributed by atoms with Gasteiger partial charge in [0, 0.05) is 5.56 Å². The van der Waals surface area contributed by atoms with Gasteiger partial charge in [-0.1, -0.05) is 84.6 Å². The second-order valence-electron chi connectivity index (χ2n) is 7.99. The third-order valence-corrected chi connectivity index (χ3v) is 6.59. The molecule has 7 heteroatoms. The molecule has 6 nitrogen and oxygen atoms in total. The summed E-state index contributed by atoms with van der Waals surface area (Å²) in [5, 5.41) is 7.29. The Morgan fingerprint density at radius 2 is 1.66 bits per heavy atom. The molecule has 5 rings (SSSR count). The Hall–Kier alpha value is -4.23. The van der Waals surface area contributed by atoms with Crippen molar-refractivity contribution in [2.75, 3.05) is 5.75 Å². The summed E-state index contributed by atoms with van der Waals surface area (Å²) in [7, 11) is 0. The quantitative estimate of drug-likeness (QED) is 0.160. The van der Waals surface area contributed by atoms with Crippen molar-refractivity contribution in [3.05, 3.63) is 112 Å². The number of carbonyl (C=O) groups excluding carboxylic acids is 1. The van der Waals surface area contributed by atoms with Crippen molar-refractivity contribution >= 4 is 45.6 Å². The topological polar surface area (TPSA) is 76.3 Å². The van der Waals surface area contributed by atoms with Gasteiger partial charge in [0.2, 0.25) is 0 Å². The van der Waals surface area contributed by atoms with Crippen molar-refractivity contribution in [1.29, 1.82) is 0 Å². The molecule has 0 unspecified atom stereocenters. The zero-order valence-corrected chi connectivity index (χ0v) is 19.8. The number of hydrogen-bond acceptors (Lipinski definition) is 5. The van der Waals surface area contributed by atoms with Crippen LogP contribution in [0.2, 0.25) is 0 Å². The monoisotopic (exact) mass is 478 g/mol. The van der Waals surface area contributed by atoms with Gasteiger partial charge >= 0.3 is 0 Å². The van der Waals surface area contributed by atoms with Gasteiger partial charge in [0.1, 0.15) is 0 Å². The predicted octanol–water partition coefficient (Wildman–Crippen LogP) is 5.09. The van der Waals surface area contributed by atoms with Crippen LogP contribution in [-0.2, 0) is 4.79 Å². The highest BCUT2D eigenvalue weighted by atomic mass is 32.2. The number of aryl methyl sites for hydroxylation is 1. The van der Waals surface area contributed by atoms with Crippen LogP contribution in [0, 0.1) is 6.92 Å². The number of benzene rings is 4. The molecule has 0 saturated heterocycles. The van der Waals surface area contributed by atoms with Gasteiger partial charge in [0.15, 0.2) is 5.16 Å². The molecular formula is C28H22N4O2S. The molecular weight excluding hydrogens is 456 g/mol. The number of rotatable bonds is 6. The molecule has 1 heterocycles. The van der Waals surface area contributed by atoms with Gasteiger partial charge in [0.05, 0.1) is 28.6 Å². The molecule has 0 fully saturated rings. The Morgan fingerprint density at radius 3 is 2.51 bits per heavy atom. The van der Waals surface area contributed by atoms with Crippen LogP contribution in [0.5, 0.6) is 0 Å². The molecule has 1 N–H and O–H groups in total. The molecule has 172 valence electrons. The number of para-hydroxylation sites is 2. The third kappa shape index (κ3) is 4.72. The zero-order chi connectivity index (χ0) is 24.2. The van der Waals surface area contributed by atoms with E-state index in [2.05, 4.69) is 10.5 Å². The second kappa shape index (κ2) is 9.95. The summed E-state index contributed by atoms with van der Waals surface area (Å²) < 4.78 is 1.58. The fourth-order valence-corrected chi connectivity index (χ4v) is 4.73. The van der Waals surface area contributed by atoms with Crippen LogP contribution in [-0.4, -0.2) is 27.4 Å². The Balaban J connectivity index is 1.38. The van der Waals surface area contributed by atoms with E-state index in [0.29, 0.717) is 16.1 Å². The Bertz CT molecular complexity index is 1640. The first-order chi connectivity index (χ1) is 17.1. The van der Waals surface area contributed by atoms with Crippen molar-refractivity contribution in [2.45, 2.75) is 12.1 Å². The van der Waals surface area contributed by atoms with Crippen LogP contribution in [0.15, 0.2) is 106 Å². The number of hydrazone groups is 1. The van der Waals surface area contributed by atoms with Gasteiger partial charge in [-0.25, -0.2) is 10.4 Å². The highest BCUT2D eigenvalue weighted by molar-refractivity contribution is 7.99. The molecule has 5 aromatic rings. The fourth-order valence-electron chi connectivity index (χ4n) is 3.94. The van der Waals surface area contributed by atoms with Crippen molar-refractivity contribution < 1.29 is 4.79 Å². The molecule has 0 aliphatic carbocycles. The summed E-state index contributed by atoms with van der Waals surface area (Å²) >= 11 is 1.20. The number of thioether (sulfide) groups is 1. The Kier molecular flexibility index (Phi) is 6.41. The number of carbonyl (C=O) groups is 1. The lowest BCUT2D eigenvalue weighted by molar-refractivity contribution is -0.118. The highest BCUT2D eigenvalue weighted by Crippen LogP contribution is 2.23. The number of aromatic nitrogens is 2. The van der Waals surface area contributed by atoms with Gasteiger partial charge in [-0.15, -0.1) is 0 Å². The molecule has 0 bridgehead atoms. The lowest BCUT2D eigenvalue weighted by atomic mass is 10.1. The molecule has 1 aromatic heterocycles. The third-order valence-electron chi connectivity index (χ3n) is 5.65. The SMILES string of the molecule is Cc1ccccc1-n1c(SCC(=O)N/N=C\c2cccc3ccccc23)nc2ccccc2c1=O. The number of hydrogen-bond donors (Lipinski definition) is 1. The normalized spacial score (nSPS) is 11.3. The molecule has 0 spiro atoms. The Morgan fingerprint density at radius 1 is 0.943 bits per heavy atom. The van der Waals surface area contributed by atoms with E-state index in [1.54, 1.807) is 22.9 Å². The predicted molar refractivity (Wildman–Crippen MR) is 142 cm³/mol. The number of fused-ring (bicyclic) bond motifs is 2. The maximum atomic E-state index is 13.4. The summed E-state index contributed by atoms with van der Waals surface area (Å²) in [6.45, 7) is 1.94. The van der Waals surface area contributed by atoms with E-state index in [-0.39, 0.29) is 17.2 Å². The van der Waals surface area contributed by atoms with E-state index in [0.717, 1.165) is 27.6 Å². The largest absolute Gasteiger partial charge is 0.272 e. The van der Waals surface area contributed by atoms with Crippen LogP contribution in [0.1, 0.15) is 11.1 Å². The van der Waals surface area contributed by atoms with Crippen molar-refractivity contribution in [3.8, 4) is 5.69 Å². The first-order valence-electron chi connectivity index (χ1n) is 11.1. The van der Waals surface area contributed by atoms with E-state index >= 15 is 0 Å². The molecule has 35 heavy (non-hydrogen) atoms.